The van der Waals surface area contributed by atoms with Gasteiger partial charge in [-0.3, -0.25) is 0 Å². The third-order valence-electron chi connectivity index (χ3n) is 3.89. The van der Waals surface area contributed by atoms with E-state index in [2.05, 4.69) is 28.2 Å². The minimum atomic E-state index is -0.312. The number of nitrogens with one attached hydrogen (secondary N) is 1. The molecule has 21 heavy (non-hydrogen) atoms. The van der Waals surface area contributed by atoms with Gasteiger partial charge in [0, 0.05) is 16.1 Å². The molecular weight excluding hydrogens is 353 g/mol. The summed E-state index contributed by atoms with van der Waals surface area (Å²) in [4.78, 5) is 0. The summed E-state index contributed by atoms with van der Waals surface area (Å²) in [5, 5.41) is 3.38. The topological polar surface area (TPSA) is 12.0 Å². The molecule has 1 unspecified atom stereocenters. The van der Waals surface area contributed by atoms with Crippen LogP contribution in [-0.4, -0.2) is 7.05 Å². The zero-order chi connectivity index (χ0) is 15.7. The number of hydrogen-bond acceptors (Lipinski definition) is 1. The quantitative estimate of drug-likeness (QED) is 0.355. The maximum atomic E-state index is 14.2. The molecule has 0 aliphatic heterocycles. The minimum absolute atomic E-state index is 0.0336. The van der Waals surface area contributed by atoms with Gasteiger partial charge in [-0.1, -0.05) is 69.5 Å². The molecule has 1 aromatic carbocycles. The van der Waals surface area contributed by atoms with E-state index in [-0.39, 0.29) is 16.9 Å². The van der Waals surface area contributed by atoms with Crippen LogP contribution in [0.3, 0.4) is 0 Å². The second kappa shape index (κ2) is 10.6. The van der Waals surface area contributed by atoms with Crippen molar-refractivity contribution < 1.29 is 4.39 Å². The van der Waals surface area contributed by atoms with Crippen LogP contribution in [0.2, 0.25) is 5.02 Å². The van der Waals surface area contributed by atoms with Crippen LogP contribution < -0.4 is 5.32 Å². The van der Waals surface area contributed by atoms with Crippen molar-refractivity contribution in [1.82, 2.24) is 5.32 Å². The van der Waals surface area contributed by atoms with Gasteiger partial charge in [-0.05, 0) is 35.5 Å². The lowest BCUT2D eigenvalue weighted by Gasteiger charge is -2.18. The number of rotatable bonds is 10. The summed E-state index contributed by atoms with van der Waals surface area (Å²) in [5.74, 6) is -0.312. The Hall–Kier alpha value is -0.120. The van der Waals surface area contributed by atoms with E-state index in [1.807, 2.05) is 19.2 Å². The van der Waals surface area contributed by atoms with Crippen LogP contribution in [0.5, 0.6) is 0 Å². The van der Waals surface area contributed by atoms with E-state index in [0.29, 0.717) is 10.0 Å². The van der Waals surface area contributed by atoms with Gasteiger partial charge < -0.3 is 5.32 Å². The predicted molar refractivity (Wildman–Crippen MR) is 93.5 cm³/mol. The highest BCUT2D eigenvalue weighted by Crippen LogP contribution is 2.32. The van der Waals surface area contributed by atoms with Crippen LogP contribution in [0.25, 0.3) is 0 Å². The lowest BCUT2D eigenvalue weighted by atomic mass is 9.99. The minimum Gasteiger partial charge on any atom is -0.313 e. The smallest absolute Gasteiger partial charge is 0.147 e. The Labute approximate surface area is 141 Å². The van der Waals surface area contributed by atoms with Crippen LogP contribution in [0, 0.1) is 5.82 Å². The summed E-state index contributed by atoms with van der Waals surface area (Å²) in [6.45, 7) is 2.23. The van der Waals surface area contributed by atoms with Crippen LogP contribution in [0.4, 0.5) is 4.39 Å². The molecule has 0 spiro atoms. The molecule has 120 valence electrons. The molecule has 0 saturated carbocycles. The first kappa shape index (κ1) is 18.9. The van der Waals surface area contributed by atoms with Gasteiger partial charge >= 0.3 is 0 Å². The van der Waals surface area contributed by atoms with Gasteiger partial charge in [-0.2, -0.15) is 0 Å². The Morgan fingerprint density at radius 1 is 1.14 bits per heavy atom. The normalized spacial score (nSPS) is 12.6. The SMILES string of the molecule is CCCCCCCCCC(NC)c1ccc(Br)c(Cl)c1F. The Morgan fingerprint density at radius 2 is 1.76 bits per heavy atom. The van der Waals surface area contributed by atoms with E-state index in [4.69, 9.17) is 11.6 Å². The highest BCUT2D eigenvalue weighted by molar-refractivity contribution is 9.10. The molecule has 1 N–H and O–H groups in total. The molecule has 0 aliphatic carbocycles. The zero-order valence-electron chi connectivity index (χ0n) is 13.0. The van der Waals surface area contributed by atoms with Crippen molar-refractivity contribution in [1.29, 1.82) is 0 Å². The monoisotopic (exact) mass is 377 g/mol. The molecule has 1 nitrogen and oxygen atoms in total. The Balaban J connectivity index is 2.43. The maximum Gasteiger partial charge on any atom is 0.147 e. The average molecular weight is 379 g/mol. The summed E-state index contributed by atoms with van der Waals surface area (Å²) in [6, 6.07) is 3.66. The molecule has 0 bridgehead atoms. The predicted octanol–water partition coefficient (Wildman–Crippen LogP) is 6.64. The summed E-state index contributed by atoms with van der Waals surface area (Å²) >= 11 is 9.22. The first-order valence-corrected chi connectivity index (χ1v) is 9.09. The number of benzene rings is 1. The number of unbranched alkanes of at least 4 members (excludes halogenated alkanes) is 6. The van der Waals surface area contributed by atoms with E-state index < -0.39 is 0 Å². The van der Waals surface area contributed by atoms with Gasteiger partial charge in [0.2, 0.25) is 0 Å². The van der Waals surface area contributed by atoms with Crippen LogP contribution >= 0.6 is 27.5 Å². The largest absolute Gasteiger partial charge is 0.313 e. The second-order valence-electron chi connectivity index (χ2n) is 5.52. The molecule has 0 radical (unpaired) electrons. The maximum absolute atomic E-state index is 14.2. The van der Waals surface area contributed by atoms with Crippen LogP contribution in [0.1, 0.15) is 69.9 Å². The average Bonchev–Trinajstić information content (AvgIpc) is 2.49. The summed E-state index contributed by atoms with van der Waals surface area (Å²) < 4.78 is 14.8. The van der Waals surface area contributed by atoms with Crippen molar-refractivity contribution in [3.8, 4) is 0 Å². The fourth-order valence-electron chi connectivity index (χ4n) is 2.57. The summed E-state index contributed by atoms with van der Waals surface area (Å²) in [6.07, 6.45) is 9.82. The van der Waals surface area contributed by atoms with Gasteiger partial charge in [0.05, 0.1) is 5.02 Å². The van der Waals surface area contributed by atoms with Crippen LogP contribution in [-0.2, 0) is 0 Å². The van der Waals surface area contributed by atoms with E-state index in [1.165, 1.54) is 38.5 Å². The summed E-state index contributed by atoms with van der Waals surface area (Å²) in [7, 11) is 1.88. The van der Waals surface area contributed by atoms with Crippen LogP contribution in [0.15, 0.2) is 16.6 Å². The molecular formula is C17H26BrClFN. The molecule has 0 heterocycles. The molecule has 1 rings (SSSR count). The molecule has 0 saturated heterocycles. The van der Waals surface area contributed by atoms with E-state index in [0.717, 1.165) is 12.8 Å². The summed E-state index contributed by atoms with van der Waals surface area (Å²) in [5.41, 5.74) is 0.664. The third-order valence-corrected chi connectivity index (χ3v) is 5.14. The Bertz CT molecular complexity index is 425. The number of halogens is 3. The highest BCUT2D eigenvalue weighted by atomic mass is 79.9. The standard InChI is InChI=1S/C17H26BrClFN/c1-3-4-5-6-7-8-9-10-15(21-2)13-11-12-14(18)16(19)17(13)20/h11-12,15,21H,3-10H2,1-2H3. The molecule has 4 heteroatoms. The lowest BCUT2D eigenvalue weighted by molar-refractivity contribution is 0.475. The Morgan fingerprint density at radius 3 is 2.38 bits per heavy atom. The molecule has 0 aromatic heterocycles. The first-order valence-electron chi connectivity index (χ1n) is 7.92. The fraction of sp³-hybridized carbons (Fsp3) is 0.647. The Kier molecular flexibility index (Phi) is 9.54. The molecule has 0 aliphatic rings. The number of hydrogen-bond donors (Lipinski definition) is 1. The van der Waals surface area contributed by atoms with Gasteiger partial charge in [0.15, 0.2) is 0 Å². The highest BCUT2D eigenvalue weighted by Gasteiger charge is 2.17. The van der Waals surface area contributed by atoms with Crippen molar-refractivity contribution >= 4 is 27.5 Å². The van der Waals surface area contributed by atoms with E-state index in [9.17, 15) is 4.39 Å². The zero-order valence-corrected chi connectivity index (χ0v) is 15.4. The molecule has 0 amide bonds. The van der Waals surface area contributed by atoms with E-state index >= 15 is 0 Å². The second-order valence-corrected chi connectivity index (χ2v) is 6.75. The first-order chi connectivity index (χ1) is 10.1. The van der Waals surface area contributed by atoms with Gasteiger partial charge in [-0.25, -0.2) is 4.39 Å². The van der Waals surface area contributed by atoms with Gasteiger partial charge in [0.25, 0.3) is 0 Å². The van der Waals surface area contributed by atoms with Crippen molar-refractivity contribution in [3.05, 3.63) is 33.0 Å². The lowest BCUT2D eigenvalue weighted by Crippen LogP contribution is -2.17. The van der Waals surface area contributed by atoms with Crippen molar-refractivity contribution in [3.63, 3.8) is 0 Å². The molecule has 1 atom stereocenters. The fourth-order valence-corrected chi connectivity index (χ4v) is 3.05. The van der Waals surface area contributed by atoms with Gasteiger partial charge in [0.1, 0.15) is 5.82 Å². The molecule has 0 fully saturated rings. The molecule has 1 aromatic rings. The van der Waals surface area contributed by atoms with Crippen molar-refractivity contribution in [2.24, 2.45) is 0 Å². The van der Waals surface area contributed by atoms with Gasteiger partial charge in [-0.15, -0.1) is 0 Å². The van der Waals surface area contributed by atoms with Crippen molar-refractivity contribution in [2.75, 3.05) is 7.05 Å². The van der Waals surface area contributed by atoms with Crippen molar-refractivity contribution in [2.45, 2.75) is 64.3 Å². The van der Waals surface area contributed by atoms with E-state index in [1.54, 1.807) is 0 Å². The third kappa shape index (κ3) is 6.25.